The van der Waals surface area contributed by atoms with Crippen LogP contribution in [0.5, 0.6) is 17.4 Å². The minimum Gasteiger partial charge on any atom is -0.507 e. The van der Waals surface area contributed by atoms with Crippen molar-refractivity contribution in [3.05, 3.63) is 77.5 Å². The van der Waals surface area contributed by atoms with Crippen LogP contribution < -0.4 is 10.1 Å². The number of carbonyl (C=O) groups excluding carboxylic acids is 1. The second-order valence-electron chi connectivity index (χ2n) is 5.94. The number of nitrogens with zero attached hydrogens (tertiary/aromatic N) is 1. The number of hydrogen-bond donors (Lipinski definition) is 2. The molecule has 0 fully saturated rings. The molecule has 0 saturated heterocycles. The van der Waals surface area contributed by atoms with Crippen molar-refractivity contribution in [2.75, 3.05) is 5.32 Å². The van der Waals surface area contributed by atoms with E-state index in [1.54, 1.807) is 25.1 Å². The third-order valence-corrected chi connectivity index (χ3v) is 3.81. The van der Waals surface area contributed by atoms with E-state index in [4.69, 9.17) is 4.74 Å². The van der Waals surface area contributed by atoms with Gasteiger partial charge < -0.3 is 15.2 Å². The number of phenolic OH excluding ortho intramolecular Hbond substituents is 1. The fourth-order valence-electron chi connectivity index (χ4n) is 2.45. The number of carbonyl (C=O) groups is 1. The molecule has 0 aliphatic carbocycles. The molecule has 28 heavy (non-hydrogen) atoms. The molecule has 0 aliphatic rings. The normalized spacial score (nSPS) is 11.1. The largest absolute Gasteiger partial charge is 0.507 e. The summed E-state index contributed by atoms with van der Waals surface area (Å²) in [6.45, 7) is 1.64. The Kier molecular flexibility index (Phi) is 5.21. The van der Waals surface area contributed by atoms with Crippen molar-refractivity contribution < 1.29 is 27.8 Å². The van der Waals surface area contributed by atoms with Gasteiger partial charge in [0.1, 0.15) is 11.5 Å². The second kappa shape index (κ2) is 7.59. The Hall–Kier alpha value is -3.55. The number of nitrogens with one attached hydrogen (secondary N) is 1. The van der Waals surface area contributed by atoms with Gasteiger partial charge >= 0.3 is 6.18 Å². The molecule has 0 saturated carbocycles. The van der Waals surface area contributed by atoms with Crippen LogP contribution in [0.3, 0.4) is 0 Å². The van der Waals surface area contributed by atoms with E-state index in [9.17, 15) is 23.1 Å². The first-order chi connectivity index (χ1) is 13.2. The number of phenols is 1. The number of benzene rings is 2. The number of alkyl halides is 3. The summed E-state index contributed by atoms with van der Waals surface area (Å²) in [4.78, 5) is 16.3. The summed E-state index contributed by atoms with van der Waals surface area (Å²) >= 11 is 0. The third-order valence-electron chi connectivity index (χ3n) is 3.81. The number of halogens is 3. The highest BCUT2D eigenvalue weighted by Crippen LogP contribution is 2.33. The van der Waals surface area contributed by atoms with Crippen molar-refractivity contribution in [2.45, 2.75) is 13.1 Å². The van der Waals surface area contributed by atoms with Crippen LogP contribution in [0.1, 0.15) is 21.5 Å². The van der Waals surface area contributed by atoms with Crippen molar-refractivity contribution in [1.82, 2.24) is 4.98 Å². The topological polar surface area (TPSA) is 71.5 Å². The molecule has 144 valence electrons. The van der Waals surface area contributed by atoms with Crippen LogP contribution in [0.2, 0.25) is 0 Å². The predicted molar refractivity (Wildman–Crippen MR) is 96.6 cm³/mol. The Labute approximate surface area is 158 Å². The van der Waals surface area contributed by atoms with Crippen LogP contribution in [0, 0.1) is 6.92 Å². The molecule has 3 rings (SSSR count). The molecule has 0 unspecified atom stereocenters. The number of pyridine rings is 1. The molecule has 5 nitrogen and oxygen atoms in total. The zero-order valence-electron chi connectivity index (χ0n) is 14.6. The smallest absolute Gasteiger partial charge is 0.416 e. The van der Waals surface area contributed by atoms with Crippen molar-refractivity contribution in [3.63, 3.8) is 0 Å². The number of para-hydroxylation sites is 1. The van der Waals surface area contributed by atoms with E-state index in [0.717, 1.165) is 12.1 Å². The van der Waals surface area contributed by atoms with Crippen LogP contribution in [0.15, 0.2) is 60.8 Å². The summed E-state index contributed by atoms with van der Waals surface area (Å²) in [7, 11) is 0. The lowest BCUT2D eigenvalue weighted by atomic mass is 10.2. The number of hydrogen-bond acceptors (Lipinski definition) is 4. The number of anilines is 1. The summed E-state index contributed by atoms with van der Waals surface area (Å²) in [5.41, 5.74) is 0.133. The molecule has 0 atom stereocenters. The number of aromatic hydroxyl groups is 1. The lowest BCUT2D eigenvalue weighted by molar-refractivity contribution is -0.137. The van der Waals surface area contributed by atoms with Gasteiger partial charge in [-0.25, -0.2) is 4.98 Å². The Morgan fingerprint density at radius 3 is 2.54 bits per heavy atom. The number of amides is 1. The summed E-state index contributed by atoms with van der Waals surface area (Å²) in [6, 6.07) is 12.1. The number of rotatable bonds is 4. The molecule has 3 aromatic rings. The number of aromatic nitrogens is 1. The molecule has 1 aromatic heterocycles. The van der Waals surface area contributed by atoms with Crippen molar-refractivity contribution >= 4 is 11.6 Å². The highest BCUT2D eigenvalue weighted by Gasteiger charge is 2.30. The van der Waals surface area contributed by atoms with Gasteiger partial charge in [0.2, 0.25) is 5.88 Å². The highest BCUT2D eigenvalue weighted by molar-refractivity contribution is 6.06. The summed E-state index contributed by atoms with van der Waals surface area (Å²) in [5, 5.41) is 12.3. The molecular formula is C20H15F3N2O3. The molecule has 0 radical (unpaired) electrons. The van der Waals surface area contributed by atoms with E-state index in [-0.39, 0.29) is 22.9 Å². The zero-order chi connectivity index (χ0) is 20.3. The Morgan fingerprint density at radius 1 is 1.11 bits per heavy atom. The summed E-state index contributed by atoms with van der Waals surface area (Å²) in [5.74, 6) is -0.573. The Bertz CT molecular complexity index is 1020. The van der Waals surface area contributed by atoms with E-state index in [1.807, 2.05) is 0 Å². The van der Waals surface area contributed by atoms with Gasteiger partial charge in [-0.05, 0) is 43.3 Å². The summed E-state index contributed by atoms with van der Waals surface area (Å²) in [6.07, 6.45) is -3.16. The van der Waals surface area contributed by atoms with Crippen LogP contribution in [0.25, 0.3) is 0 Å². The number of aryl methyl sites for hydroxylation is 1. The van der Waals surface area contributed by atoms with Crippen molar-refractivity contribution in [2.24, 2.45) is 0 Å². The number of ether oxygens (including phenoxy) is 1. The van der Waals surface area contributed by atoms with Gasteiger partial charge in [0.15, 0.2) is 0 Å². The fraction of sp³-hybridized carbons (Fsp3) is 0.100. The van der Waals surface area contributed by atoms with E-state index in [2.05, 4.69) is 10.3 Å². The van der Waals surface area contributed by atoms with Crippen LogP contribution in [-0.4, -0.2) is 16.0 Å². The standard InChI is InChI=1S/C20H15F3N2O3/c1-12-9-14(25-18(27)16-7-2-3-8-17(16)26)11-24-19(12)28-15-6-4-5-13(10-15)20(21,22)23/h2-11,26H,1H3,(H,25,27). The van der Waals surface area contributed by atoms with E-state index in [0.29, 0.717) is 11.3 Å². The van der Waals surface area contributed by atoms with Gasteiger partial charge in [0, 0.05) is 5.56 Å². The lowest BCUT2D eigenvalue weighted by Crippen LogP contribution is -2.12. The van der Waals surface area contributed by atoms with Gasteiger partial charge in [0.25, 0.3) is 5.91 Å². The third kappa shape index (κ3) is 4.40. The van der Waals surface area contributed by atoms with Gasteiger partial charge in [-0.2, -0.15) is 13.2 Å². The van der Waals surface area contributed by atoms with E-state index < -0.39 is 17.6 Å². The molecule has 0 spiro atoms. The molecule has 1 amide bonds. The quantitative estimate of drug-likeness (QED) is 0.648. The maximum absolute atomic E-state index is 12.8. The monoisotopic (exact) mass is 388 g/mol. The SMILES string of the molecule is Cc1cc(NC(=O)c2ccccc2O)cnc1Oc1cccc(C(F)(F)F)c1. The molecular weight excluding hydrogens is 373 g/mol. The van der Waals surface area contributed by atoms with Gasteiger partial charge in [-0.1, -0.05) is 18.2 Å². The van der Waals surface area contributed by atoms with Gasteiger partial charge in [-0.3, -0.25) is 4.79 Å². The highest BCUT2D eigenvalue weighted by atomic mass is 19.4. The predicted octanol–water partition coefficient (Wildman–Crippen LogP) is 5.16. The zero-order valence-corrected chi connectivity index (χ0v) is 14.6. The average Bonchev–Trinajstić information content (AvgIpc) is 2.64. The maximum Gasteiger partial charge on any atom is 0.416 e. The first-order valence-corrected chi connectivity index (χ1v) is 8.15. The van der Waals surface area contributed by atoms with Crippen molar-refractivity contribution in [1.29, 1.82) is 0 Å². The van der Waals surface area contributed by atoms with Gasteiger partial charge in [-0.15, -0.1) is 0 Å². The van der Waals surface area contributed by atoms with Crippen molar-refractivity contribution in [3.8, 4) is 17.4 Å². The second-order valence-corrected chi connectivity index (χ2v) is 5.94. The molecule has 1 heterocycles. The molecule has 0 bridgehead atoms. The lowest BCUT2D eigenvalue weighted by Gasteiger charge is -2.12. The minimum absolute atomic E-state index is 0.00332. The van der Waals surface area contributed by atoms with E-state index >= 15 is 0 Å². The average molecular weight is 388 g/mol. The molecule has 0 aliphatic heterocycles. The molecule has 2 aromatic carbocycles. The summed E-state index contributed by atoms with van der Waals surface area (Å²) < 4.78 is 43.8. The molecule has 8 heteroatoms. The van der Waals surface area contributed by atoms with E-state index in [1.165, 1.54) is 30.5 Å². The van der Waals surface area contributed by atoms with Crippen LogP contribution >= 0.6 is 0 Å². The van der Waals surface area contributed by atoms with Gasteiger partial charge in [0.05, 0.1) is 23.0 Å². The minimum atomic E-state index is -4.47. The first-order valence-electron chi connectivity index (χ1n) is 8.15. The Balaban J connectivity index is 1.76. The maximum atomic E-state index is 12.8. The van der Waals surface area contributed by atoms with Crippen LogP contribution in [0.4, 0.5) is 18.9 Å². The first kappa shape index (κ1) is 19.2. The molecule has 2 N–H and O–H groups in total. The Morgan fingerprint density at radius 2 is 1.86 bits per heavy atom. The fourth-order valence-corrected chi connectivity index (χ4v) is 2.45. The van der Waals surface area contributed by atoms with Crippen LogP contribution in [-0.2, 0) is 6.18 Å².